The van der Waals surface area contributed by atoms with Gasteiger partial charge >= 0.3 is 0 Å². The molecule has 2 unspecified atom stereocenters. The number of unbranched alkanes of at least 4 members (excludes halogenated alkanes) is 1. The van der Waals surface area contributed by atoms with Crippen LogP contribution < -0.4 is 4.72 Å². The largest absolute Gasteiger partial charge is 0.393 e. The molecule has 1 aliphatic carbocycles. The number of hydrogen-bond acceptors (Lipinski definition) is 3. The quantitative estimate of drug-likeness (QED) is 0.718. The summed E-state index contributed by atoms with van der Waals surface area (Å²) >= 11 is 0. The highest BCUT2D eigenvalue weighted by Gasteiger charge is 2.23. The average Bonchev–Trinajstić information content (AvgIpc) is 2.59. The zero-order chi connectivity index (χ0) is 11.3. The molecule has 2 N–H and O–H groups in total. The van der Waals surface area contributed by atoms with E-state index in [4.69, 9.17) is 0 Å². The maximum absolute atomic E-state index is 11.5. The summed E-state index contributed by atoms with van der Waals surface area (Å²) in [5.41, 5.74) is 0. The van der Waals surface area contributed by atoms with E-state index in [0.717, 1.165) is 25.7 Å². The van der Waals surface area contributed by atoms with Gasteiger partial charge in [-0.1, -0.05) is 13.3 Å². The highest BCUT2D eigenvalue weighted by molar-refractivity contribution is 7.89. The van der Waals surface area contributed by atoms with Crippen molar-refractivity contribution in [3.05, 3.63) is 0 Å². The van der Waals surface area contributed by atoms with Crippen molar-refractivity contribution in [1.82, 2.24) is 4.72 Å². The molecule has 0 spiro atoms. The lowest BCUT2D eigenvalue weighted by atomic mass is 10.1. The molecule has 0 aromatic carbocycles. The minimum Gasteiger partial charge on any atom is -0.393 e. The molecule has 1 aliphatic rings. The van der Waals surface area contributed by atoms with Gasteiger partial charge in [0.25, 0.3) is 0 Å². The normalized spacial score (nSPS) is 27.1. The van der Waals surface area contributed by atoms with Crippen LogP contribution in [0.5, 0.6) is 0 Å². The standard InChI is InChI=1S/C10H21NO3S/c1-2-3-6-15(13,14)11-8-9-4-5-10(12)7-9/h9-12H,2-8H2,1H3. The summed E-state index contributed by atoms with van der Waals surface area (Å²) in [6.45, 7) is 2.46. The average molecular weight is 235 g/mol. The Hall–Kier alpha value is -0.130. The first-order valence-electron chi connectivity index (χ1n) is 5.69. The molecule has 0 heterocycles. The van der Waals surface area contributed by atoms with Crippen molar-refractivity contribution in [1.29, 1.82) is 0 Å². The maximum Gasteiger partial charge on any atom is 0.211 e. The number of aliphatic hydroxyl groups is 1. The molecule has 0 aliphatic heterocycles. The lowest BCUT2D eigenvalue weighted by Crippen LogP contribution is -2.30. The van der Waals surface area contributed by atoms with Crippen LogP contribution in [0.15, 0.2) is 0 Å². The summed E-state index contributed by atoms with van der Waals surface area (Å²) in [5, 5.41) is 9.29. The topological polar surface area (TPSA) is 66.4 Å². The fraction of sp³-hybridized carbons (Fsp3) is 1.00. The number of nitrogens with one attached hydrogen (secondary N) is 1. The third kappa shape index (κ3) is 4.95. The highest BCUT2D eigenvalue weighted by Crippen LogP contribution is 2.24. The fourth-order valence-electron chi connectivity index (χ4n) is 1.89. The second-order valence-electron chi connectivity index (χ2n) is 4.35. The molecule has 0 amide bonds. The van der Waals surface area contributed by atoms with Gasteiger partial charge in [-0.2, -0.15) is 0 Å². The molecule has 1 rings (SSSR count). The molecule has 0 saturated heterocycles. The van der Waals surface area contributed by atoms with Gasteiger partial charge in [0.2, 0.25) is 10.0 Å². The Morgan fingerprint density at radius 1 is 1.40 bits per heavy atom. The molecule has 4 nitrogen and oxygen atoms in total. The predicted molar refractivity (Wildman–Crippen MR) is 60.0 cm³/mol. The summed E-state index contributed by atoms with van der Waals surface area (Å²) in [5.74, 6) is 0.537. The molecule has 0 aromatic rings. The second-order valence-corrected chi connectivity index (χ2v) is 6.28. The van der Waals surface area contributed by atoms with E-state index in [9.17, 15) is 13.5 Å². The Kier molecular flexibility index (Phi) is 5.02. The lowest BCUT2D eigenvalue weighted by molar-refractivity contribution is 0.178. The number of sulfonamides is 1. The molecular weight excluding hydrogens is 214 g/mol. The molecular formula is C10H21NO3S. The fourth-order valence-corrected chi connectivity index (χ4v) is 3.19. The van der Waals surface area contributed by atoms with E-state index in [-0.39, 0.29) is 11.9 Å². The summed E-state index contributed by atoms with van der Waals surface area (Å²) in [6.07, 6.45) is 3.84. The Morgan fingerprint density at radius 3 is 2.67 bits per heavy atom. The molecule has 90 valence electrons. The van der Waals surface area contributed by atoms with Crippen LogP contribution in [0, 0.1) is 5.92 Å². The third-order valence-corrected chi connectivity index (χ3v) is 4.30. The van der Waals surface area contributed by atoms with Gasteiger partial charge in [0.1, 0.15) is 0 Å². The zero-order valence-corrected chi connectivity index (χ0v) is 10.1. The van der Waals surface area contributed by atoms with Gasteiger partial charge in [0.15, 0.2) is 0 Å². The molecule has 2 atom stereocenters. The number of aliphatic hydroxyl groups excluding tert-OH is 1. The van der Waals surface area contributed by atoms with Gasteiger partial charge in [-0.15, -0.1) is 0 Å². The highest BCUT2D eigenvalue weighted by atomic mass is 32.2. The van der Waals surface area contributed by atoms with E-state index in [2.05, 4.69) is 4.72 Å². The Labute approximate surface area is 92.1 Å². The van der Waals surface area contributed by atoms with E-state index >= 15 is 0 Å². The maximum atomic E-state index is 11.5. The van der Waals surface area contributed by atoms with Crippen LogP contribution in [0.3, 0.4) is 0 Å². The summed E-state index contributed by atoms with van der Waals surface area (Å²) in [6, 6.07) is 0. The minimum atomic E-state index is -3.08. The number of rotatable bonds is 6. The van der Waals surface area contributed by atoms with Crippen molar-refractivity contribution in [2.45, 2.75) is 45.1 Å². The van der Waals surface area contributed by atoms with Gasteiger partial charge in [-0.05, 0) is 31.6 Å². The van der Waals surface area contributed by atoms with E-state index in [1.807, 2.05) is 6.92 Å². The van der Waals surface area contributed by atoms with Crippen molar-refractivity contribution in [2.24, 2.45) is 5.92 Å². The van der Waals surface area contributed by atoms with E-state index < -0.39 is 10.0 Å². The van der Waals surface area contributed by atoms with Crippen molar-refractivity contribution in [3.63, 3.8) is 0 Å². The van der Waals surface area contributed by atoms with Crippen LogP contribution in [0.4, 0.5) is 0 Å². The van der Waals surface area contributed by atoms with Crippen LogP contribution in [0.1, 0.15) is 39.0 Å². The SMILES string of the molecule is CCCCS(=O)(=O)NCC1CCC(O)C1. The molecule has 5 heteroatoms. The predicted octanol–water partition coefficient (Wildman–Crippen LogP) is 0.867. The molecule has 1 fully saturated rings. The van der Waals surface area contributed by atoms with Crippen LogP contribution >= 0.6 is 0 Å². The Balaban J connectivity index is 2.24. The number of hydrogen-bond donors (Lipinski definition) is 2. The zero-order valence-electron chi connectivity index (χ0n) is 9.28. The first-order valence-corrected chi connectivity index (χ1v) is 7.34. The summed E-state index contributed by atoms with van der Waals surface area (Å²) in [4.78, 5) is 0. The van der Waals surface area contributed by atoms with Crippen LogP contribution in [0.2, 0.25) is 0 Å². The van der Waals surface area contributed by atoms with E-state index in [0.29, 0.717) is 18.9 Å². The minimum absolute atomic E-state index is 0.221. The smallest absolute Gasteiger partial charge is 0.211 e. The summed E-state index contributed by atoms with van der Waals surface area (Å²) < 4.78 is 25.5. The second kappa shape index (κ2) is 5.82. The van der Waals surface area contributed by atoms with E-state index in [1.54, 1.807) is 0 Å². The molecule has 0 bridgehead atoms. The Bertz CT molecular complexity index is 276. The van der Waals surface area contributed by atoms with Crippen LogP contribution in [-0.4, -0.2) is 31.9 Å². The van der Waals surface area contributed by atoms with Crippen molar-refractivity contribution in [2.75, 3.05) is 12.3 Å². The van der Waals surface area contributed by atoms with Crippen molar-refractivity contribution in [3.8, 4) is 0 Å². The third-order valence-electron chi connectivity index (χ3n) is 2.87. The van der Waals surface area contributed by atoms with Crippen LogP contribution in [0.25, 0.3) is 0 Å². The van der Waals surface area contributed by atoms with Gasteiger partial charge < -0.3 is 5.11 Å². The van der Waals surface area contributed by atoms with Gasteiger partial charge in [0.05, 0.1) is 11.9 Å². The monoisotopic (exact) mass is 235 g/mol. The summed E-state index contributed by atoms with van der Waals surface area (Å²) in [7, 11) is -3.08. The molecule has 15 heavy (non-hydrogen) atoms. The van der Waals surface area contributed by atoms with E-state index in [1.165, 1.54) is 0 Å². The van der Waals surface area contributed by atoms with Crippen molar-refractivity contribution >= 4 is 10.0 Å². The van der Waals surface area contributed by atoms with Gasteiger partial charge in [-0.3, -0.25) is 0 Å². The van der Waals surface area contributed by atoms with Crippen molar-refractivity contribution < 1.29 is 13.5 Å². The lowest BCUT2D eigenvalue weighted by Gasteiger charge is -2.11. The first kappa shape index (κ1) is 12.9. The molecule has 0 radical (unpaired) electrons. The molecule has 0 aromatic heterocycles. The first-order chi connectivity index (χ1) is 7.03. The van der Waals surface area contributed by atoms with Gasteiger partial charge in [-0.25, -0.2) is 13.1 Å². The molecule has 1 saturated carbocycles. The van der Waals surface area contributed by atoms with Crippen LogP contribution in [-0.2, 0) is 10.0 Å². The Morgan fingerprint density at radius 2 is 2.13 bits per heavy atom. The van der Waals surface area contributed by atoms with Gasteiger partial charge in [0, 0.05) is 6.54 Å².